The van der Waals surface area contributed by atoms with Gasteiger partial charge < -0.3 is 19.7 Å². The number of hydrogen-bond acceptors (Lipinski definition) is 6. The molecule has 1 amide bonds. The number of rotatable bonds is 12. The number of hydrogen-bond donors (Lipinski definition) is 3. The number of carbonyl (C=O) groups excluding carboxylic acids is 1. The van der Waals surface area contributed by atoms with Crippen molar-refractivity contribution in [3.05, 3.63) is 66.2 Å². The highest BCUT2D eigenvalue weighted by Crippen LogP contribution is 2.31. The lowest BCUT2D eigenvalue weighted by molar-refractivity contribution is -0.131. The van der Waals surface area contributed by atoms with Gasteiger partial charge in [-0.2, -0.15) is 0 Å². The first kappa shape index (κ1) is 25.3. The number of allylic oxidation sites excluding steroid dienone is 1. The Balaban J connectivity index is 2.10. The third kappa shape index (κ3) is 8.64. The molecular formula is C24H29NO6S. The molecule has 8 heteroatoms. The molecule has 0 fully saturated rings. The number of nitrogens with one attached hydrogen (secondary N) is 1. The van der Waals surface area contributed by atoms with Crippen molar-refractivity contribution < 1.29 is 29.3 Å². The van der Waals surface area contributed by atoms with Crippen LogP contribution in [0, 0.1) is 5.92 Å². The molecule has 7 nitrogen and oxygen atoms in total. The molecule has 2 aromatic rings. The van der Waals surface area contributed by atoms with Gasteiger partial charge in [-0.1, -0.05) is 25.1 Å². The summed E-state index contributed by atoms with van der Waals surface area (Å²) in [5.74, 6) is -0.449. The van der Waals surface area contributed by atoms with Crippen molar-refractivity contribution in [2.75, 3.05) is 24.8 Å². The summed E-state index contributed by atoms with van der Waals surface area (Å²) in [7, 11) is 0. The van der Waals surface area contributed by atoms with Gasteiger partial charge in [0.1, 0.15) is 18.5 Å². The summed E-state index contributed by atoms with van der Waals surface area (Å²) >= 11 is 1.61. The third-order valence-corrected chi connectivity index (χ3v) is 5.45. The number of benzene rings is 2. The largest absolute Gasteiger partial charge is 0.491 e. The lowest BCUT2D eigenvalue weighted by Gasteiger charge is -2.25. The summed E-state index contributed by atoms with van der Waals surface area (Å²) in [5.41, 5.74) is 1.43. The molecular weight excluding hydrogens is 430 g/mol. The molecule has 2 atom stereocenters. The second kappa shape index (κ2) is 13.4. The van der Waals surface area contributed by atoms with Crippen LogP contribution in [-0.4, -0.2) is 41.7 Å². The van der Waals surface area contributed by atoms with E-state index >= 15 is 0 Å². The van der Waals surface area contributed by atoms with E-state index in [9.17, 15) is 9.59 Å². The smallest absolute Gasteiger partial charge is 0.412 e. The molecule has 32 heavy (non-hydrogen) atoms. The molecule has 0 saturated heterocycles. The maximum atomic E-state index is 12.6. The molecule has 0 aliphatic carbocycles. The van der Waals surface area contributed by atoms with Crippen LogP contribution in [0.2, 0.25) is 0 Å². The normalized spacial score (nSPS) is 12.8. The zero-order valence-electron chi connectivity index (χ0n) is 18.2. The molecule has 0 radical (unpaired) electrons. The molecule has 0 unspecified atom stereocenters. The minimum absolute atomic E-state index is 0.0673. The predicted molar refractivity (Wildman–Crippen MR) is 125 cm³/mol. The van der Waals surface area contributed by atoms with Crippen molar-refractivity contribution in [1.82, 2.24) is 0 Å². The van der Waals surface area contributed by atoms with Crippen molar-refractivity contribution in [3.8, 4) is 5.75 Å². The van der Waals surface area contributed by atoms with E-state index in [1.807, 2.05) is 49.6 Å². The van der Waals surface area contributed by atoms with Gasteiger partial charge in [-0.05, 0) is 67.0 Å². The van der Waals surface area contributed by atoms with Crippen LogP contribution in [0.1, 0.15) is 31.4 Å². The number of anilines is 1. The maximum Gasteiger partial charge on any atom is 0.412 e. The number of thioether (sulfide) groups is 1. The molecule has 2 aromatic carbocycles. The molecule has 0 aromatic heterocycles. The highest BCUT2D eigenvalue weighted by molar-refractivity contribution is 7.98. The summed E-state index contributed by atoms with van der Waals surface area (Å²) < 4.78 is 11.2. The Kier molecular flexibility index (Phi) is 10.6. The van der Waals surface area contributed by atoms with E-state index in [0.717, 1.165) is 16.5 Å². The SMILES string of the molecule is CSc1ccc(NC(=O)O[C@@H](c2ccc(OCCO)cc2)[C@@H](C)CC/C=C/C(=O)O)cc1. The van der Waals surface area contributed by atoms with Gasteiger partial charge in [0.15, 0.2) is 0 Å². The van der Waals surface area contributed by atoms with Crippen molar-refractivity contribution >= 4 is 29.5 Å². The summed E-state index contributed by atoms with van der Waals surface area (Å²) in [6.45, 7) is 2.08. The Bertz CT molecular complexity index is 882. The number of aliphatic hydroxyl groups is 1. The maximum absolute atomic E-state index is 12.6. The van der Waals surface area contributed by atoms with Crippen LogP contribution >= 0.6 is 11.8 Å². The Morgan fingerprint density at radius 2 is 1.81 bits per heavy atom. The van der Waals surface area contributed by atoms with E-state index in [1.54, 1.807) is 30.0 Å². The number of carbonyl (C=O) groups is 2. The van der Waals surface area contributed by atoms with E-state index in [4.69, 9.17) is 19.7 Å². The number of amides is 1. The van der Waals surface area contributed by atoms with E-state index < -0.39 is 18.2 Å². The lowest BCUT2D eigenvalue weighted by Crippen LogP contribution is -2.22. The van der Waals surface area contributed by atoms with Crippen molar-refractivity contribution in [2.45, 2.75) is 30.8 Å². The van der Waals surface area contributed by atoms with Gasteiger partial charge in [-0.25, -0.2) is 9.59 Å². The zero-order valence-corrected chi connectivity index (χ0v) is 19.0. The van der Waals surface area contributed by atoms with E-state index in [0.29, 0.717) is 24.3 Å². The molecule has 0 bridgehead atoms. The van der Waals surface area contributed by atoms with Gasteiger partial charge in [0, 0.05) is 16.7 Å². The minimum Gasteiger partial charge on any atom is -0.491 e. The number of ether oxygens (including phenoxy) is 2. The topological polar surface area (TPSA) is 105 Å². The Hall–Kier alpha value is -2.97. The molecule has 0 spiro atoms. The number of aliphatic carboxylic acids is 1. The molecule has 0 aliphatic rings. The van der Waals surface area contributed by atoms with E-state index in [2.05, 4.69) is 5.32 Å². The van der Waals surface area contributed by atoms with Crippen molar-refractivity contribution in [3.63, 3.8) is 0 Å². The monoisotopic (exact) mass is 459 g/mol. The van der Waals surface area contributed by atoms with Gasteiger partial charge in [-0.3, -0.25) is 5.32 Å². The fourth-order valence-corrected chi connectivity index (χ4v) is 3.47. The quantitative estimate of drug-likeness (QED) is 0.299. The summed E-state index contributed by atoms with van der Waals surface area (Å²) in [6, 6.07) is 14.6. The van der Waals surface area contributed by atoms with Crippen LogP contribution in [0.3, 0.4) is 0 Å². The molecule has 2 rings (SSSR count). The van der Waals surface area contributed by atoms with Gasteiger partial charge >= 0.3 is 12.1 Å². The molecule has 3 N–H and O–H groups in total. The standard InChI is InChI=1S/C24H29NO6S/c1-17(5-3-4-6-22(27)28)23(18-7-11-20(12-8-18)30-16-15-26)31-24(29)25-19-9-13-21(32-2)14-10-19/h4,6-14,17,23,26H,3,5,15-16H2,1-2H3,(H,25,29)(H,27,28)/b6-4+/t17-,23+/m0/s1. The third-order valence-electron chi connectivity index (χ3n) is 4.71. The summed E-state index contributed by atoms with van der Waals surface area (Å²) in [4.78, 5) is 24.4. The van der Waals surface area contributed by atoms with Crippen LogP contribution < -0.4 is 10.1 Å². The predicted octanol–water partition coefficient (Wildman–Crippen LogP) is 5.13. The first-order chi connectivity index (χ1) is 15.4. The zero-order chi connectivity index (χ0) is 23.3. The number of carboxylic acid groups (broad SMARTS) is 1. The second-order valence-electron chi connectivity index (χ2n) is 7.12. The number of aliphatic hydroxyl groups excluding tert-OH is 1. The first-order valence-electron chi connectivity index (χ1n) is 10.3. The Labute approximate surface area is 192 Å². The van der Waals surface area contributed by atoms with Crippen LogP contribution in [0.25, 0.3) is 0 Å². The van der Waals surface area contributed by atoms with Crippen LogP contribution in [0.4, 0.5) is 10.5 Å². The minimum atomic E-state index is -0.990. The highest BCUT2D eigenvalue weighted by Gasteiger charge is 2.23. The lowest BCUT2D eigenvalue weighted by atomic mass is 9.93. The molecule has 0 heterocycles. The van der Waals surface area contributed by atoms with E-state index in [1.165, 1.54) is 0 Å². The van der Waals surface area contributed by atoms with Crippen LogP contribution in [0.15, 0.2) is 65.6 Å². The Morgan fingerprint density at radius 1 is 1.12 bits per heavy atom. The van der Waals surface area contributed by atoms with Gasteiger partial charge in [0.05, 0.1) is 6.61 Å². The molecule has 172 valence electrons. The van der Waals surface area contributed by atoms with Gasteiger partial charge in [0.2, 0.25) is 0 Å². The average Bonchev–Trinajstić information content (AvgIpc) is 2.79. The average molecular weight is 460 g/mol. The van der Waals surface area contributed by atoms with Gasteiger partial charge in [-0.15, -0.1) is 11.8 Å². The highest BCUT2D eigenvalue weighted by atomic mass is 32.2. The fraction of sp³-hybridized carbons (Fsp3) is 0.333. The molecule has 0 aliphatic heterocycles. The van der Waals surface area contributed by atoms with Gasteiger partial charge in [0.25, 0.3) is 0 Å². The fourth-order valence-electron chi connectivity index (χ4n) is 3.06. The van der Waals surface area contributed by atoms with Crippen molar-refractivity contribution in [1.29, 1.82) is 0 Å². The second-order valence-corrected chi connectivity index (χ2v) is 8.00. The number of carboxylic acids is 1. The van der Waals surface area contributed by atoms with Crippen LogP contribution in [-0.2, 0) is 9.53 Å². The van der Waals surface area contributed by atoms with E-state index in [-0.39, 0.29) is 19.1 Å². The first-order valence-corrected chi connectivity index (χ1v) is 11.5. The van der Waals surface area contributed by atoms with Crippen LogP contribution in [0.5, 0.6) is 5.75 Å². The van der Waals surface area contributed by atoms with Crippen molar-refractivity contribution in [2.24, 2.45) is 5.92 Å². The molecule has 0 saturated carbocycles. The summed E-state index contributed by atoms with van der Waals surface area (Å²) in [6.07, 6.45) is 4.76. The summed E-state index contributed by atoms with van der Waals surface area (Å²) in [5, 5.41) is 20.4. The Morgan fingerprint density at radius 3 is 2.41 bits per heavy atom.